The van der Waals surface area contributed by atoms with Crippen molar-refractivity contribution in [3.63, 3.8) is 0 Å². The van der Waals surface area contributed by atoms with Crippen molar-refractivity contribution in [3.8, 4) is 5.75 Å². The summed E-state index contributed by atoms with van der Waals surface area (Å²) in [4.78, 5) is 6.98. The highest BCUT2D eigenvalue weighted by molar-refractivity contribution is 9.09. The second-order valence-electron chi connectivity index (χ2n) is 4.40. The standard InChI is InChI=1S/C13H15BrN2OS/c14-7-11-8-15-13(18-11)16-5-6-17-12-4-2-1-3-10(12)9-16/h1-4,11H,5-9H2. The number of rotatable bonds is 1. The van der Waals surface area contributed by atoms with Gasteiger partial charge in [0.1, 0.15) is 12.4 Å². The fourth-order valence-electron chi connectivity index (χ4n) is 2.15. The maximum Gasteiger partial charge on any atom is 0.160 e. The minimum Gasteiger partial charge on any atom is -0.491 e. The average Bonchev–Trinajstić information content (AvgIpc) is 2.78. The molecular formula is C13H15BrN2OS. The first kappa shape index (κ1) is 12.4. The third-order valence-electron chi connectivity index (χ3n) is 3.10. The summed E-state index contributed by atoms with van der Waals surface area (Å²) in [5.41, 5.74) is 1.25. The normalized spacial score (nSPS) is 23.1. The zero-order valence-corrected chi connectivity index (χ0v) is 12.4. The lowest BCUT2D eigenvalue weighted by atomic mass is 10.2. The second-order valence-corrected chi connectivity index (χ2v) is 6.31. The molecule has 0 saturated carbocycles. The third kappa shape index (κ3) is 2.52. The lowest BCUT2D eigenvalue weighted by Crippen LogP contribution is -2.30. The maximum atomic E-state index is 5.78. The van der Waals surface area contributed by atoms with Gasteiger partial charge in [-0.05, 0) is 6.07 Å². The lowest BCUT2D eigenvalue weighted by Gasteiger charge is -2.21. The molecule has 0 spiro atoms. The van der Waals surface area contributed by atoms with Crippen LogP contribution in [0.25, 0.3) is 0 Å². The Balaban J connectivity index is 1.76. The summed E-state index contributed by atoms with van der Waals surface area (Å²) in [5.74, 6) is 1.01. The highest BCUT2D eigenvalue weighted by Crippen LogP contribution is 2.29. The van der Waals surface area contributed by atoms with Crippen molar-refractivity contribution in [3.05, 3.63) is 29.8 Å². The Hall–Kier alpha value is -0.680. The first-order valence-corrected chi connectivity index (χ1v) is 8.09. The average molecular weight is 327 g/mol. The fraction of sp³-hybridized carbons (Fsp3) is 0.462. The maximum absolute atomic E-state index is 5.78. The molecule has 2 heterocycles. The van der Waals surface area contributed by atoms with Gasteiger partial charge in [-0.2, -0.15) is 0 Å². The van der Waals surface area contributed by atoms with Crippen LogP contribution in [0.3, 0.4) is 0 Å². The van der Waals surface area contributed by atoms with E-state index in [0.29, 0.717) is 5.25 Å². The summed E-state index contributed by atoms with van der Waals surface area (Å²) < 4.78 is 5.78. The van der Waals surface area contributed by atoms with Gasteiger partial charge in [-0.25, -0.2) is 0 Å². The predicted octanol–water partition coefficient (Wildman–Crippen LogP) is 2.75. The Morgan fingerprint density at radius 2 is 2.33 bits per heavy atom. The number of amidine groups is 1. The summed E-state index contributed by atoms with van der Waals surface area (Å²) in [6.07, 6.45) is 0. The molecule has 0 fully saturated rings. The molecule has 96 valence electrons. The van der Waals surface area contributed by atoms with Crippen molar-refractivity contribution < 1.29 is 4.74 Å². The van der Waals surface area contributed by atoms with E-state index in [1.54, 1.807) is 0 Å². The number of benzene rings is 1. The van der Waals surface area contributed by atoms with E-state index in [9.17, 15) is 0 Å². The minimum atomic E-state index is 0.583. The molecule has 0 saturated heterocycles. The topological polar surface area (TPSA) is 24.8 Å². The van der Waals surface area contributed by atoms with Crippen LogP contribution in [0.5, 0.6) is 5.75 Å². The SMILES string of the molecule is BrCC1CN=C(N2CCOc3ccccc3C2)S1. The Morgan fingerprint density at radius 3 is 3.17 bits per heavy atom. The smallest absolute Gasteiger partial charge is 0.160 e. The summed E-state index contributed by atoms with van der Waals surface area (Å²) in [6, 6.07) is 8.27. The Morgan fingerprint density at radius 1 is 1.44 bits per heavy atom. The molecule has 2 aliphatic heterocycles. The molecule has 3 rings (SSSR count). The molecule has 1 unspecified atom stereocenters. The molecule has 0 aliphatic carbocycles. The number of hydrogen-bond acceptors (Lipinski definition) is 4. The number of para-hydroxylation sites is 1. The van der Waals surface area contributed by atoms with Crippen LogP contribution in [0.15, 0.2) is 29.3 Å². The van der Waals surface area contributed by atoms with Gasteiger partial charge in [0.05, 0.1) is 13.1 Å². The van der Waals surface area contributed by atoms with Crippen LogP contribution in [-0.4, -0.2) is 40.3 Å². The van der Waals surface area contributed by atoms with Crippen molar-refractivity contribution >= 4 is 32.9 Å². The summed E-state index contributed by atoms with van der Waals surface area (Å²) in [7, 11) is 0. The van der Waals surface area contributed by atoms with Crippen LogP contribution in [0.1, 0.15) is 5.56 Å². The summed E-state index contributed by atoms with van der Waals surface area (Å²) in [6.45, 7) is 3.46. The molecule has 1 aromatic carbocycles. The zero-order chi connectivity index (χ0) is 12.4. The largest absolute Gasteiger partial charge is 0.491 e. The molecule has 18 heavy (non-hydrogen) atoms. The van der Waals surface area contributed by atoms with Crippen molar-refractivity contribution in [2.45, 2.75) is 11.8 Å². The molecule has 1 atom stereocenters. The van der Waals surface area contributed by atoms with E-state index in [0.717, 1.165) is 37.3 Å². The number of nitrogens with zero attached hydrogens (tertiary/aromatic N) is 2. The molecule has 3 nitrogen and oxygen atoms in total. The van der Waals surface area contributed by atoms with Crippen LogP contribution in [0, 0.1) is 0 Å². The first-order chi connectivity index (χ1) is 8.86. The van der Waals surface area contributed by atoms with Gasteiger partial charge < -0.3 is 9.64 Å². The zero-order valence-electron chi connectivity index (χ0n) is 10.0. The molecule has 0 aromatic heterocycles. The van der Waals surface area contributed by atoms with Crippen LogP contribution in [-0.2, 0) is 6.54 Å². The van der Waals surface area contributed by atoms with Gasteiger partial charge in [-0.15, -0.1) is 0 Å². The van der Waals surface area contributed by atoms with Crippen LogP contribution in [0.4, 0.5) is 0 Å². The van der Waals surface area contributed by atoms with E-state index in [1.165, 1.54) is 10.7 Å². The molecule has 2 aliphatic rings. The number of ether oxygens (including phenoxy) is 1. The van der Waals surface area contributed by atoms with Crippen molar-refractivity contribution in [2.24, 2.45) is 4.99 Å². The van der Waals surface area contributed by atoms with E-state index < -0.39 is 0 Å². The highest BCUT2D eigenvalue weighted by atomic mass is 79.9. The molecule has 0 bridgehead atoms. The fourth-order valence-corrected chi connectivity index (χ4v) is 3.71. The van der Waals surface area contributed by atoms with E-state index in [4.69, 9.17) is 4.74 Å². The van der Waals surface area contributed by atoms with E-state index in [-0.39, 0.29) is 0 Å². The number of thioether (sulfide) groups is 1. The van der Waals surface area contributed by atoms with Crippen LogP contribution >= 0.6 is 27.7 Å². The molecule has 0 N–H and O–H groups in total. The van der Waals surface area contributed by atoms with Gasteiger partial charge in [-0.1, -0.05) is 45.9 Å². The molecular weight excluding hydrogens is 312 g/mol. The first-order valence-electron chi connectivity index (χ1n) is 6.09. The predicted molar refractivity (Wildman–Crippen MR) is 79.8 cm³/mol. The number of halogens is 1. The molecule has 5 heteroatoms. The Bertz CT molecular complexity index is 466. The van der Waals surface area contributed by atoms with Crippen LogP contribution in [0.2, 0.25) is 0 Å². The van der Waals surface area contributed by atoms with E-state index >= 15 is 0 Å². The van der Waals surface area contributed by atoms with Crippen LogP contribution < -0.4 is 4.74 Å². The van der Waals surface area contributed by atoms with Crippen molar-refractivity contribution in [1.82, 2.24) is 4.90 Å². The van der Waals surface area contributed by atoms with Crippen molar-refractivity contribution in [2.75, 3.05) is 25.0 Å². The second kappa shape index (κ2) is 5.53. The lowest BCUT2D eigenvalue weighted by molar-refractivity contribution is 0.291. The Kier molecular flexibility index (Phi) is 3.80. The molecule has 0 radical (unpaired) electrons. The quantitative estimate of drug-likeness (QED) is 0.742. The number of aliphatic imine (C=N–C) groups is 1. The molecule has 1 aromatic rings. The number of hydrogen-bond donors (Lipinski definition) is 0. The van der Waals surface area contributed by atoms with Gasteiger partial charge in [0.15, 0.2) is 5.17 Å². The summed E-state index contributed by atoms with van der Waals surface area (Å²) in [5, 5.41) is 2.75. The van der Waals surface area contributed by atoms with Gasteiger partial charge in [0.2, 0.25) is 0 Å². The highest BCUT2D eigenvalue weighted by Gasteiger charge is 2.25. The van der Waals surface area contributed by atoms with Gasteiger partial charge in [-0.3, -0.25) is 4.99 Å². The number of fused-ring (bicyclic) bond motifs is 1. The number of alkyl halides is 1. The summed E-state index contributed by atoms with van der Waals surface area (Å²) >= 11 is 5.41. The van der Waals surface area contributed by atoms with E-state index in [1.807, 2.05) is 23.9 Å². The third-order valence-corrected chi connectivity index (χ3v) is 5.55. The molecule has 0 amide bonds. The van der Waals surface area contributed by atoms with Gasteiger partial charge in [0.25, 0.3) is 0 Å². The van der Waals surface area contributed by atoms with E-state index in [2.05, 4.69) is 38.0 Å². The van der Waals surface area contributed by atoms with Crippen molar-refractivity contribution in [1.29, 1.82) is 0 Å². The van der Waals surface area contributed by atoms with Gasteiger partial charge >= 0.3 is 0 Å². The minimum absolute atomic E-state index is 0.583. The Labute approximate surface area is 120 Å². The monoisotopic (exact) mass is 326 g/mol. The van der Waals surface area contributed by atoms with Gasteiger partial charge in [0, 0.05) is 22.7 Å².